The van der Waals surface area contributed by atoms with Crippen molar-refractivity contribution < 1.29 is 19.4 Å². The molecular formula is C20H20N4O4. The lowest BCUT2D eigenvalue weighted by Gasteiger charge is -2.10. The first-order valence-corrected chi connectivity index (χ1v) is 8.64. The minimum atomic E-state index is -1.07. The maximum absolute atomic E-state index is 12.2. The first kappa shape index (κ1) is 19.2. The van der Waals surface area contributed by atoms with Crippen molar-refractivity contribution in [3.8, 4) is 11.3 Å². The number of anilines is 1. The monoisotopic (exact) mass is 380 g/mol. The second-order valence-electron chi connectivity index (χ2n) is 6.14. The summed E-state index contributed by atoms with van der Waals surface area (Å²) in [5.74, 6) is -0.834. The summed E-state index contributed by atoms with van der Waals surface area (Å²) in [6.07, 6.45) is 2.00. The van der Waals surface area contributed by atoms with Gasteiger partial charge < -0.3 is 20.1 Å². The van der Waals surface area contributed by atoms with Crippen LogP contribution in [0, 0.1) is 0 Å². The Bertz CT molecular complexity index is 1070. The molecular weight excluding hydrogens is 360 g/mol. The van der Waals surface area contributed by atoms with Crippen LogP contribution in [0.15, 0.2) is 42.6 Å². The van der Waals surface area contributed by atoms with Crippen molar-refractivity contribution in [1.82, 2.24) is 15.0 Å². The molecule has 2 aromatic heterocycles. The molecule has 0 aliphatic heterocycles. The van der Waals surface area contributed by atoms with Gasteiger partial charge in [0.1, 0.15) is 11.5 Å². The molecule has 2 heterocycles. The predicted octanol–water partition coefficient (Wildman–Crippen LogP) is 3.03. The smallest absolute Gasteiger partial charge is 0.338 e. The highest BCUT2D eigenvalue weighted by Crippen LogP contribution is 2.30. The van der Waals surface area contributed by atoms with Crippen LogP contribution in [0.4, 0.5) is 5.69 Å². The van der Waals surface area contributed by atoms with Gasteiger partial charge in [-0.3, -0.25) is 4.79 Å². The number of nitrogens with zero attached hydrogens (tertiary/aromatic N) is 2. The highest BCUT2D eigenvalue weighted by molar-refractivity contribution is 6.08. The van der Waals surface area contributed by atoms with E-state index in [0.717, 1.165) is 0 Å². The number of methoxy groups -OCH3 is 1. The third-order valence-corrected chi connectivity index (χ3v) is 4.16. The van der Waals surface area contributed by atoms with Crippen molar-refractivity contribution in [2.45, 2.75) is 13.3 Å². The van der Waals surface area contributed by atoms with Gasteiger partial charge in [-0.1, -0.05) is 25.6 Å². The molecule has 3 aromatic rings. The molecule has 1 aromatic carbocycles. The van der Waals surface area contributed by atoms with Crippen molar-refractivity contribution in [1.29, 1.82) is 0 Å². The lowest BCUT2D eigenvalue weighted by atomic mass is 10.1. The maximum Gasteiger partial charge on any atom is 0.338 e. The van der Waals surface area contributed by atoms with Crippen LogP contribution >= 0.6 is 0 Å². The van der Waals surface area contributed by atoms with Gasteiger partial charge in [-0.15, -0.1) is 0 Å². The van der Waals surface area contributed by atoms with Crippen LogP contribution in [0.25, 0.3) is 22.3 Å². The number of ether oxygens (including phenoxy) is 1. The Hall–Kier alpha value is -3.52. The number of rotatable bonds is 7. The van der Waals surface area contributed by atoms with Gasteiger partial charge >= 0.3 is 5.97 Å². The van der Waals surface area contributed by atoms with E-state index in [1.165, 1.54) is 13.3 Å². The number of fused-ring (bicyclic) bond motifs is 1. The second kappa shape index (κ2) is 8.01. The number of hydrogen-bond acceptors (Lipinski definition) is 5. The molecule has 0 fully saturated rings. The molecule has 1 amide bonds. The predicted molar refractivity (Wildman–Crippen MR) is 105 cm³/mol. The molecule has 0 aliphatic carbocycles. The van der Waals surface area contributed by atoms with Crippen LogP contribution in [0.5, 0.6) is 0 Å². The van der Waals surface area contributed by atoms with Crippen molar-refractivity contribution in [2.24, 2.45) is 0 Å². The van der Waals surface area contributed by atoms with E-state index in [4.69, 9.17) is 4.74 Å². The van der Waals surface area contributed by atoms with E-state index in [1.807, 2.05) is 6.92 Å². The number of carbonyl (C=O) groups excluding carboxylic acids is 1. The van der Waals surface area contributed by atoms with Crippen LogP contribution in [0.1, 0.15) is 23.1 Å². The summed E-state index contributed by atoms with van der Waals surface area (Å²) in [6.45, 7) is 5.73. The van der Waals surface area contributed by atoms with Gasteiger partial charge in [0.2, 0.25) is 0 Å². The number of aromatic carboxylic acids is 1. The van der Waals surface area contributed by atoms with E-state index in [0.29, 0.717) is 45.8 Å². The molecule has 0 spiro atoms. The number of benzene rings is 1. The zero-order chi connectivity index (χ0) is 20.3. The molecule has 8 heteroatoms. The Labute approximate surface area is 161 Å². The quantitative estimate of drug-likeness (QED) is 0.542. The lowest BCUT2D eigenvalue weighted by molar-refractivity contribution is -0.113. The van der Waals surface area contributed by atoms with Crippen LogP contribution < -0.4 is 5.32 Å². The third kappa shape index (κ3) is 3.77. The molecule has 8 nitrogen and oxygen atoms in total. The first-order chi connectivity index (χ1) is 13.4. The Kier molecular flexibility index (Phi) is 5.51. The zero-order valence-electron chi connectivity index (χ0n) is 15.6. The SMILES string of the molecule is C=C(COC)C(=O)Nc1cccc(-c2nc(CC)nc3[nH]cc(C(=O)O)c23)c1. The van der Waals surface area contributed by atoms with Gasteiger partial charge in [0.25, 0.3) is 5.91 Å². The lowest BCUT2D eigenvalue weighted by Crippen LogP contribution is -2.16. The fourth-order valence-electron chi connectivity index (χ4n) is 2.82. The highest BCUT2D eigenvalue weighted by Gasteiger charge is 2.19. The molecule has 0 aliphatic rings. The Morgan fingerprint density at radius 3 is 2.79 bits per heavy atom. The molecule has 0 saturated carbocycles. The number of hydrogen-bond donors (Lipinski definition) is 3. The molecule has 0 unspecified atom stereocenters. The average molecular weight is 380 g/mol. The number of nitrogens with one attached hydrogen (secondary N) is 2. The van der Waals surface area contributed by atoms with E-state index in [1.54, 1.807) is 24.3 Å². The highest BCUT2D eigenvalue weighted by atomic mass is 16.5. The maximum atomic E-state index is 12.2. The minimum Gasteiger partial charge on any atom is -0.478 e. The zero-order valence-corrected chi connectivity index (χ0v) is 15.6. The van der Waals surface area contributed by atoms with Crippen LogP contribution in [-0.2, 0) is 16.0 Å². The van der Waals surface area contributed by atoms with Crippen molar-refractivity contribution >= 4 is 28.6 Å². The third-order valence-electron chi connectivity index (χ3n) is 4.16. The number of aromatic amines is 1. The van der Waals surface area contributed by atoms with Gasteiger partial charge in [0.15, 0.2) is 0 Å². The van der Waals surface area contributed by atoms with Crippen molar-refractivity contribution in [3.63, 3.8) is 0 Å². The van der Waals surface area contributed by atoms with E-state index in [-0.39, 0.29) is 18.1 Å². The van der Waals surface area contributed by atoms with E-state index >= 15 is 0 Å². The minimum absolute atomic E-state index is 0.0931. The van der Waals surface area contributed by atoms with Crippen molar-refractivity contribution in [2.75, 3.05) is 19.0 Å². The van der Waals surface area contributed by atoms with Gasteiger partial charge in [-0.2, -0.15) is 0 Å². The Morgan fingerprint density at radius 1 is 1.32 bits per heavy atom. The van der Waals surface area contributed by atoms with Gasteiger partial charge in [0, 0.05) is 36.6 Å². The fourth-order valence-corrected chi connectivity index (χ4v) is 2.82. The summed E-state index contributed by atoms with van der Waals surface area (Å²) >= 11 is 0. The molecule has 28 heavy (non-hydrogen) atoms. The number of carbonyl (C=O) groups is 2. The van der Waals surface area contributed by atoms with Crippen molar-refractivity contribution in [3.05, 3.63) is 54.0 Å². The molecule has 3 rings (SSSR count). The van der Waals surface area contributed by atoms with Crippen LogP contribution in [0.3, 0.4) is 0 Å². The van der Waals surface area contributed by atoms with Gasteiger partial charge in [-0.25, -0.2) is 14.8 Å². The topological polar surface area (TPSA) is 117 Å². The normalized spacial score (nSPS) is 10.8. The number of amides is 1. The number of aromatic nitrogens is 3. The van der Waals surface area contributed by atoms with E-state index in [2.05, 4.69) is 26.8 Å². The molecule has 0 radical (unpaired) electrons. The Morgan fingerprint density at radius 2 is 2.11 bits per heavy atom. The summed E-state index contributed by atoms with van der Waals surface area (Å²) in [5, 5.41) is 12.7. The molecule has 0 atom stereocenters. The first-order valence-electron chi connectivity index (χ1n) is 8.64. The summed E-state index contributed by atoms with van der Waals surface area (Å²) in [7, 11) is 1.49. The van der Waals surface area contributed by atoms with Crippen LogP contribution in [-0.4, -0.2) is 45.7 Å². The fraction of sp³-hybridized carbons (Fsp3) is 0.200. The molecule has 3 N–H and O–H groups in total. The number of carboxylic acids is 1. The molecule has 0 bridgehead atoms. The summed E-state index contributed by atoms with van der Waals surface area (Å²) in [4.78, 5) is 35.6. The average Bonchev–Trinajstić information content (AvgIpc) is 3.11. The summed E-state index contributed by atoms with van der Waals surface area (Å²) in [6, 6.07) is 7.03. The summed E-state index contributed by atoms with van der Waals surface area (Å²) < 4.78 is 4.92. The molecule has 144 valence electrons. The summed E-state index contributed by atoms with van der Waals surface area (Å²) in [5.41, 5.74) is 2.55. The number of aryl methyl sites for hydroxylation is 1. The number of H-pyrrole nitrogens is 1. The van der Waals surface area contributed by atoms with E-state index in [9.17, 15) is 14.7 Å². The second-order valence-corrected chi connectivity index (χ2v) is 6.14. The van der Waals surface area contributed by atoms with Crippen LogP contribution in [0.2, 0.25) is 0 Å². The molecule has 0 saturated heterocycles. The number of carboxylic acid groups (broad SMARTS) is 1. The largest absolute Gasteiger partial charge is 0.478 e. The standard InChI is InChI=1S/C20H20N4O4/c1-4-15-23-17(16-14(20(26)27)9-21-18(16)24-15)12-6-5-7-13(8-12)22-19(25)11(2)10-28-3/h5-9H,2,4,10H2,1,3H3,(H,22,25)(H,26,27)(H,21,23,24). The van der Waals surface area contributed by atoms with Gasteiger partial charge in [0.05, 0.1) is 23.3 Å². The Balaban J connectivity index is 2.07. The van der Waals surface area contributed by atoms with E-state index < -0.39 is 5.97 Å². The van der Waals surface area contributed by atoms with Gasteiger partial charge in [-0.05, 0) is 12.1 Å².